The number of amides is 3. The standard InChI is InChI=1S/C48H51N5O6/c54-35-10-11-37-42(22-35)58-29-39(31-4-2-1-3-5-31)44(37)32-6-8-33(9-7-32)51-18-16-48(17-19-51)23-30(24-48)25-50-20-21-52-34(26-50)28-59-45-38-27-53(41-14-15-43(55)49-46(41)56)47(57)36(38)12-13-40(45)52/h1-13,22,30,34,39,41,44,54H,14-21,23-29H2,(H,49,55,56)/t34-,39-,41+,44-/m1/s1. The first-order chi connectivity index (χ1) is 28.8. The van der Waals surface area contributed by atoms with E-state index in [0.717, 1.165) is 73.5 Å². The molecule has 7 aliphatic rings. The van der Waals surface area contributed by atoms with Crippen LogP contribution < -0.4 is 24.6 Å². The van der Waals surface area contributed by atoms with Crippen LogP contribution in [0.3, 0.4) is 0 Å². The number of piperidine rings is 2. The van der Waals surface area contributed by atoms with Gasteiger partial charge in [0.25, 0.3) is 5.91 Å². The number of benzene rings is 4. The molecule has 1 aliphatic carbocycles. The number of nitrogens with one attached hydrogen (secondary N) is 1. The van der Waals surface area contributed by atoms with Crippen LogP contribution in [0.5, 0.6) is 17.2 Å². The Morgan fingerprint density at radius 3 is 2.42 bits per heavy atom. The molecule has 59 heavy (non-hydrogen) atoms. The van der Waals surface area contributed by atoms with Gasteiger partial charge in [0.1, 0.15) is 29.9 Å². The summed E-state index contributed by atoms with van der Waals surface area (Å²) in [4.78, 5) is 47.0. The molecule has 0 aromatic heterocycles. The van der Waals surface area contributed by atoms with Crippen molar-refractivity contribution in [2.75, 3.05) is 62.3 Å². The number of imide groups is 1. The molecule has 0 radical (unpaired) electrons. The Hall–Kier alpha value is -5.55. The number of hydrogen-bond acceptors (Lipinski definition) is 9. The van der Waals surface area contributed by atoms with Gasteiger partial charge in [-0.25, -0.2) is 0 Å². The average molecular weight is 794 g/mol. The van der Waals surface area contributed by atoms with Crippen LogP contribution in [0.2, 0.25) is 0 Å². The van der Waals surface area contributed by atoms with E-state index in [0.29, 0.717) is 37.2 Å². The summed E-state index contributed by atoms with van der Waals surface area (Å²) in [6.07, 6.45) is 5.71. The van der Waals surface area contributed by atoms with Gasteiger partial charge in [0.2, 0.25) is 11.8 Å². The zero-order chi connectivity index (χ0) is 39.8. The summed E-state index contributed by atoms with van der Waals surface area (Å²) in [5.41, 5.74) is 7.94. The molecule has 2 N–H and O–H groups in total. The molecule has 4 atom stereocenters. The number of phenols is 1. The molecule has 4 aromatic carbocycles. The molecule has 11 nitrogen and oxygen atoms in total. The molecular formula is C48H51N5O6. The highest BCUT2D eigenvalue weighted by Crippen LogP contribution is 2.54. The summed E-state index contributed by atoms with van der Waals surface area (Å²) in [5, 5.41) is 12.6. The van der Waals surface area contributed by atoms with Crippen LogP contribution in [-0.4, -0.2) is 97.2 Å². The van der Waals surface area contributed by atoms with Crippen molar-refractivity contribution in [3.8, 4) is 17.2 Å². The van der Waals surface area contributed by atoms with Crippen molar-refractivity contribution >= 4 is 29.1 Å². The molecule has 0 bridgehead atoms. The first kappa shape index (κ1) is 36.5. The van der Waals surface area contributed by atoms with Crippen LogP contribution >= 0.6 is 0 Å². The molecular weight excluding hydrogens is 743 g/mol. The van der Waals surface area contributed by atoms with E-state index in [-0.39, 0.29) is 41.9 Å². The maximum absolute atomic E-state index is 13.4. The summed E-state index contributed by atoms with van der Waals surface area (Å²) in [7, 11) is 0. The summed E-state index contributed by atoms with van der Waals surface area (Å²) in [6, 6.07) is 29.0. The third kappa shape index (κ3) is 6.40. The maximum Gasteiger partial charge on any atom is 0.255 e. The largest absolute Gasteiger partial charge is 0.508 e. The van der Waals surface area contributed by atoms with Crippen LogP contribution in [0.15, 0.2) is 84.9 Å². The monoisotopic (exact) mass is 793 g/mol. The first-order valence-electron chi connectivity index (χ1n) is 21.6. The number of fused-ring (bicyclic) bond motifs is 6. The van der Waals surface area contributed by atoms with E-state index in [2.05, 4.69) is 74.6 Å². The second-order valence-corrected chi connectivity index (χ2v) is 18.1. The summed E-state index contributed by atoms with van der Waals surface area (Å²) >= 11 is 0. The maximum atomic E-state index is 13.4. The van der Waals surface area contributed by atoms with Gasteiger partial charge in [0.15, 0.2) is 0 Å². The molecule has 6 aliphatic heterocycles. The zero-order valence-electron chi connectivity index (χ0n) is 33.4. The lowest BCUT2D eigenvalue weighted by atomic mass is 9.57. The van der Waals surface area contributed by atoms with Gasteiger partial charge in [-0.2, -0.15) is 0 Å². The minimum absolute atomic E-state index is 0.143. The Labute approximate surface area is 344 Å². The molecule has 11 heteroatoms. The second-order valence-electron chi connectivity index (χ2n) is 18.1. The third-order valence-corrected chi connectivity index (χ3v) is 14.7. The number of anilines is 2. The van der Waals surface area contributed by atoms with Crippen LogP contribution in [0, 0.1) is 11.3 Å². The number of piperazine rings is 1. The van der Waals surface area contributed by atoms with Crippen LogP contribution in [0.4, 0.5) is 11.4 Å². The molecule has 4 aromatic rings. The Balaban J connectivity index is 0.688. The van der Waals surface area contributed by atoms with Crippen LogP contribution in [-0.2, 0) is 16.1 Å². The number of ether oxygens (including phenoxy) is 2. The Morgan fingerprint density at radius 1 is 0.814 bits per heavy atom. The van der Waals surface area contributed by atoms with Crippen molar-refractivity contribution in [2.45, 2.75) is 69.0 Å². The lowest BCUT2D eigenvalue weighted by molar-refractivity contribution is -0.136. The molecule has 3 amide bonds. The normalized spacial score (nSPS) is 26.2. The van der Waals surface area contributed by atoms with Crippen molar-refractivity contribution < 1.29 is 29.0 Å². The van der Waals surface area contributed by atoms with Gasteiger partial charge < -0.3 is 29.3 Å². The Bertz CT molecular complexity index is 2300. The number of hydrogen-bond donors (Lipinski definition) is 2. The molecule has 0 unspecified atom stereocenters. The molecule has 4 fully saturated rings. The number of phenolic OH excluding ortho intramolecular Hbond substituents is 1. The highest BCUT2D eigenvalue weighted by Gasteiger charge is 2.47. The molecule has 6 heterocycles. The summed E-state index contributed by atoms with van der Waals surface area (Å²) < 4.78 is 12.6. The Kier molecular flexibility index (Phi) is 8.87. The lowest BCUT2D eigenvalue weighted by Gasteiger charge is -2.54. The molecule has 1 spiro atoms. The van der Waals surface area contributed by atoms with E-state index in [1.54, 1.807) is 17.0 Å². The second kappa shape index (κ2) is 14.3. The summed E-state index contributed by atoms with van der Waals surface area (Å²) in [6.45, 7) is 7.72. The average Bonchev–Trinajstić information content (AvgIpc) is 3.58. The van der Waals surface area contributed by atoms with Crippen molar-refractivity contribution in [3.63, 3.8) is 0 Å². The quantitative estimate of drug-likeness (QED) is 0.226. The zero-order valence-corrected chi connectivity index (χ0v) is 33.4. The van der Waals surface area contributed by atoms with Gasteiger partial charge in [0, 0.05) is 86.0 Å². The minimum atomic E-state index is -0.631. The number of carbonyl (C=O) groups is 3. The van der Waals surface area contributed by atoms with E-state index < -0.39 is 11.9 Å². The van der Waals surface area contributed by atoms with E-state index in [1.807, 2.05) is 18.2 Å². The fourth-order valence-corrected chi connectivity index (χ4v) is 11.7. The van der Waals surface area contributed by atoms with Crippen molar-refractivity contribution in [3.05, 3.63) is 113 Å². The van der Waals surface area contributed by atoms with Gasteiger partial charge in [-0.1, -0.05) is 48.5 Å². The van der Waals surface area contributed by atoms with Crippen LogP contribution in [0.25, 0.3) is 0 Å². The number of carbonyl (C=O) groups excluding carboxylic acids is 3. The topological polar surface area (TPSA) is 115 Å². The first-order valence-corrected chi connectivity index (χ1v) is 21.6. The molecule has 3 saturated heterocycles. The lowest BCUT2D eigenvalue weighted by Crippen LogP contribution is -2.59. The van der Waals surface area contributed by atoms with Crippen molar-refractivity contribution in [1.29, 1.82) is 0 Å². The smallest absolute Gasteiger partial charge is 0.255 e. The molecule has 11 rings (SSSR count). The van der Waals surface area contributed by atoms with E-state index >= 15 is 0 Å². The van der Waals surface area contributed by atoms with Crippen LogP contribution in [0.1, 0.15) is 83.0 Å². The van der Waals surface area contributed by atoms with Gasteiger partial charge in [0.05, 0.1) is 24.9 Å². The van der Waals surface area contributed by atoms with Crippen molar-refractivity contribution in [2.24, 2.45) is 11.3 Å². The van der Waals surface area contributed by atoms with Gasteiger partial charge in [-0.05, 0) is 84.9 Å². The number of aromatic hydroxyl groups is 1. The molecule has 304 valence electrons. The Morgan fingerprint density at radius 2 is 1.63 bits per heavy atom. The number of nitrogens with zero attached hydrogens (tertiary/aromatic N) is 4. The summed E-state index contributed by atoms with van der Waals surface area (Å²) in [5.74, 6) is 2.01. The SMILES string of the molecule is O=C1CC[C@H](N2Cc3c(ccc4c3OC[C@H]3CN(CC5CC6(CCN(c7ccc([C@@H]8c9ccc(O)cc9OC[C@@H]8c8ccccc8)cc7)CC6)C5)CCN43)C2=O)C(=O)N1. The highest BCUT2D eigenvalue weighted by molar-refractivity contribution is 6.06. The predicted octanol–water partition coefficient (Wildman–Crippen LogP) is 6.04. The molecule has 1 saturated carbocycles. The minimum Gasteiger partial charge on any atom is -0.508 e. The highest BCUT2D eigenvalue weighted by atomic mass is 16.5. The van der Waals surface area contributed by atoms with Crippen molar-refractivity contribution in [1.82, 2.24) is 15.1 Å². The van der Waals surface area contributed by atoms with Gasteiger partial charge >= 0.3 is 0 Å². The van der Waals surface area contributed by atoms with Gasteiger partial charge in [-0.15, -0.1) is 0 Å². The van der Waals surface area contributed by atoms with E-state index in [1.165, 1.54) is 42.5 Å². The van der Waals surface area contributed by atoms with Gasteiger partial charge in [-0.3, -0.25) is 24.6 Å². The third-order valence-electron chi connectivity index (χ3n) is 14.7. The number of rotatable bonds is 6. The predicted molar refractivity (Wildman–Crippen MR) is 223 cm³/mol. The fraction of sp³-hybridized carbons (Fsp3) is 0.438. The van der Waals surface area contributed by atoms with E-state index in [4.69, 9.17) is 9.47 Å². The fourth-order valence-electron chi connectivity index (χ4n) is 11.7. The van der Waals surface area contributed by atoms with E-state index in [9.17, 15) is 19.5 Å².